The van der Waals surface area contributed by atoms with Crippen LogP contribution in [0.4, 0.5) is 0 Å². The molecule has 0 aliphatic heterocycles. The number of nitrogens with zero attached hydrogens (tertiary/aromatic N) is 1. The summed E-state index contributed by atoms with van der Waals surface area (Å²) in [6.45, 7) is 7.47. The molecule has 28 heavy (non-hydrogen) atoms. The van der Waals surface area contributed by atoms with Gasteiger partial charge in [0.25, 0.3) is 0 Å². The van der Waals surface area contributed by atoms with Crippen LogP contribution in [0, 0.1) is 20.8 Å². The lowest BCUT2D eigenvalue weighted by Gasteiger charge is -2.21. The van der Waals surface area contributed by atoms with Gasteiger partial charge in [-0.25, -0.2) is 4.79 Å². The predicted octanol–water partition coefficient (Wildman–Crippen LogP) is 5.36. The molecule has 0 saturated heterocycles. The first-order valence-corrected chi connectivity index (χ1v) is 10.7. The van der Waals surface area contributed by atoms with E-state index in [9.17, 15) is 9.90 Å². The van der Waals surface area contributed by atoms with Gasteiger partial charge < -0.3 is 15.0 Å². The Morgan fingerprint density at radius 1 is 1.04 bits per heavy atom. The third-order valence-electron chi connectivity index (χ3n) is 6.39. The lowest BCUT2D eigenvalue weighted by Crippen LogP contribution is -2.30. The van der Waals surface area contributed by atoms with Crippen molar-refractivity contribution in [1.82, 2.24) is 9.88 Å². The number of aromatic carboxylic acids is 1. The summed E-state index contributed by atoms with van der Waals surface area (Å²) < 4.78 is 2.17. The lowest BCUT2D eigenvalue weighted by molar-refractivity contribution is 0.0694. The summed E-state index contributed by atoms with van der Waals surface area (Å²) in [5.41, 5.74) is 5.81. The van der Waals surface area contributed by atoms with E-state index in [0.717, 1.165) is 17.0 Å². The molecular weight excluding hydrogens is 348 g/mol. The zero-order valence-electron chi connectivity index (χ0n) is 17.6. The summed E-state index contributed by atoms with van der Waals surface area (Å²) in [7, 11) is 0. The number of hydrogen-bond acceptors (Lipinski definition) is 2. The second-order valence-corrected chi connectivity index (χ2v) is 8.27. The van der Waals surface area contributed by atoms with Crippen molar-refractivity contribution in [2.24, 2.45) is 0 Å². The van der Waals surface area contributed by atoms with E-state index >= 15 is 0 Å². The quantitative estimate of drug-likeness (QED) is 0.707. The summed E-state index contributed by atoms with van der Waals surface area (Å²) in [5.74, 6) is -0.821. The Hall–Kier alpha value is -2.07. The van der Waals surface area contributed by atoms with Gasteiger partial charge in [-0.05, 0) is 44.7 Å². The number of carboxylic acid groups (broad SMARTS) is 1. The van der Waals surface area contributed by atoms with E-state index in [1.165, 1.54) is 56.1 Å². The monoisotopic (exact) mass is 382 g/mol. The van der Waals surface area contributed by atoms with Crippen molar-refractivity contribution in [3.8, 4) is 0 Å². The minimum absolute atomic E-state index is 0.476. The third kappa shape index (κ3) is 4.67. The number of nitrogens with one attached hydrogen (secondary N) is 1. The van der Waals surface area contributed by atoms with Crippen LogP contribution in [-0.4, -0.2) is 21.7 Å². The minimum Gasteiger partial charge on any atom is -0.478 e. The first-order chi connectivity index (χ1) is 13.5. The Morgan fingerprint density at radius 3 is 2.32 bits per heavy atom. The number of hydrogen-bond donors (Lipinski definition) is 2. The largest absolute Gasteiger partial charge is 0.478 e. The van der Waals surface area contributed by atoms with Crippen LogP contribution in [0.15, 0.2) is 24.3 Å². The van der Waals surface area contributed by atoms with E-state index in [2.05, 4.69) is 35.9 Å². The molecule has 152 valence electrons. The second kappa shape index (κ2) is 9.42. The lowest BCUT2D eigenvalue weighted by atomic mass is 9.96. The Morgan fingerprint density at radius 2 is 1.68 bits per heavy atom. The van der Waals surface area contributed by atoms with Gasteiger partial charge in [0.2, 0.25) is 0 Å². The SMILES string of the molecule is Cc1ccccc1Cn1c(C)c(CNC2CCCCCCC2)c(C(=O)O)c1C. The van der Waals surface area contributed by atoms with Crippen LogP contribution in [0.3, 0.4) is 0 Å². The topological polar surface area (TPSA) is 54.3 Å². The molecule has 4 nitrogen and oxygen atoms in total. The molecule has 1 fully saturated rings. The zero-order chi connectivity index (χ0) is 20.1. The normalized spacial score (nSPS) is 16.0. The van der Waals surface area contributed by atoms with Gasteiger partial charge in [0, 0.05) is 36.1 Å². The molecule has 2 aromatic rings. The maximum absolute atomic E-state index is 12.0. The van der Waals surface area contributed by atoms with Gasteiger partial charge in [-0.15, -0.1) is 0 Å². The van der Waals surface area contributed by atoms with E-state index in [4.69, 9.17) is 0 Å². The van der Waals surface area contributed by atoms with Crippen molar-refractivity contribution in [1.29, 1.82) is 0 Å². The predicted molar refractivity (Wildman–Crippen MR) is 114 cm³/mol. The molecule has 1 aliphatic rings. The molecule has 0 unspecified atom stereocenters. The first kappa shape index (κ1) is 20.7. The van der Waals surface area contributed by atoms with Gasteiger partial charge >= 0.3 is 5.97 Å². The fraction of sp³-hybridized carbons (Fsp3) is 0.542. The van der Waals surface area contributed by atoms with Gasteiger partial charge in [0.05, 0.1) is 5.56 Å². The Kier molecular flexibility index (Phi) is 6.95. The fourth-order valence-electron chi connectivity index (χ4n) is 4.55. The number of carboxylic acids is 1. The maximum atomic E-state index is 12.0. The van der Waals surface area contributed by atoms with Crippen LogP contribution in [0.2, 0.25) is 0 Å². The molecule has 0 spiro atoms. The smallest absolute Gasteiger partial charge is 0.337 e. The highest BCUT2D eigenvalue weighted by Crippen LogP contribution is 2.25. The summed E-state index contributed by atoms with van der Waals surface area (Å²) in [6, 6.07) is 8.83. The molecule has 4 heteroatoms. The maximum Gasteiger partial charge on any atom is 0.337 e. The molecular formula is C24H34N2O2. The zero-order valence-corrected chi connectivity index (χ0v) is 17.6. The van der Waals surface area contributed by atoms with Crippen molar-refractivity contribution in [3.63, 3.8) is 0 Å². The second-order valence-electron chi connectivity index (χ2n) is 8.27. The molecule has 0 amide bonds. The number of carbonyl (C=O) groups is 1. The number of benzene rings is 1. The van der Waals surface area contributed by atoms with Crippen LogP contribution in [0.1, 0.15) is 83.4 Å². The Labute approximate surface area is 169 Å². The molecule has 0 radical (unpaired) electrons. The average Bonchev–Trinajstić information content (AvgIpc) is 2.87. The third-order valence-corrected chi connectivity index (χ3v) is 6.39. The average molecular weight is 383 g/mol. The molecule has 2 N–H and O–H groups in total. The van der Waals surface area contributed by atoms with Gasteiger partial charge in [0.1, 0.15) is 0 Å². The number of aromatic nitrogens is 1. The molecule has 0 bridgehead atoms. The van der Waals surface area contributed by atoms with Crippen LogP contribution in [0.5, 0.6) is 0 Å². The molecule has 1 saturated carbocycles. The summed E-state index contributed by atoms with van der Waals surface area (Å²) in [5, 5.41) is 13.6. The molecule has 1 heterocycles. The van der Waals surface area contributed by atoms with Crippen molar-refractivity contribution in [3.05, 3.63) is 57.9 Å². The first-order valence-electron chi connectivity index (χ1n) is 10.7. The van der Waals surface area contributed by atoms with Crippen LogP contribution in [-0.2, 0) is 13.1 Å². The Balaban J connectivity index is 1.83. The highest BCUT2D eigenvalue weighted by molar-refractivity contribution is 5.91. The molecule has 0 atom stereocenters. The number of rotatable bonds is 6. The van der Waals surface area contributed by atoms with Crippen molar-refractivity contribution in [2.75, 3.05) is 0 Å². The minimum atomic E-state index is -0.821. The number of aryl methyl sites for hydroxylation is 1. The van der Waals surface area contributed by atoms with Gasteiger partial charge in [-0.3, -0.25) is 0 Å². The Bertz CT molecular complexity index is 814. The van der Waals surface area contributed by atoms with Gasteiger partial charge in [-0.2, -0.15) is 0 Å². The van der Waals surface area contributed by atoms with Crippen molar-refractivity contribution in [2.45, 2.75) is 84.8 Å². The highest BCUT2D eigenvalue weighted by atomic mass is 16.4. The van der Waals surface area contributed by atoms with E-state index in [-0.39, 0.29) is 0 Å². The molecule has 1 aliphatic carbocycles. The standard InChI is InChI=1S/C24H34N2O2/c1-17-11-9-10-12-20(17)16-26-18(2)22(23(19(26)3)24(27)28)15-25-21-13-7-5-4-6-8-14-21/h9-12,21,25H,4-8,13-16H2,1-3H3,(H,27,28). The fourth-order valence-corrected chi connectivity index (χ4v) is 4.55. The van der Waals surface area contributed by atoms with E-state index in [1.54, 1.807) is 0 Å². The van der Waals surface area contributed by atoms with Crippen LogP contribution in [0.25, 0.3) is 0 Å². The van der Waals surface area contributed by atoms with Gasteiger partial charge in [-0.1, -0.05) is 56.4 Å². The van der Waals surface area contributed by atoms with E-state index in [1.807, 2.05) is 19.1 Å². The summed E-state index contributed by atoms with van der Waals surface area (Å²) in [4.78, 5) is 12.0. The van der Waals surface area contributed by atoms with E-state index < -0.39 is 5.97 Å². The van der Waals surface area contributed by atoms with E-state index in [0.29, 0.717) is 24.7 Å². The van der Waals surface area contributed by atoms with Crippen molar-refractivity contribution >= 4 is 5.97 Å². The molecule has 1 aromatic heterocycles. The summed E-state index contributed by atoms with van der Waals surface area (Å²) >= 11 is 0. The van der Waals surface area contributed by atoms with Crippen LogP contribution >= 0.6 is 0 Å². The molecule has 1 aromatic carbocycles. The van der Waals surface area contributed by atoms with Crippen LogP contribution < -0.4 is 5.32 Å². The summed E-state index contributed by atoms with van der Waals surface area (Å²) in [6.07, 6.45) is 8.95. The van der Waals surface area contributed by atoms with Crippen molar-refractivity contribution < 1.29 is 9.90 Å². The molecule has 3 rings (SSSR count). The van der Waals surface area contributed by atoms with Gasteiger partial charge in [0.15, 0.2) is 0 Å². The highest BCUT2D eigenvalue weighted by Gasteiger charge is 2.23.